The van der Waals surface area contributed by atoms with Gasteiger partial charge in [-0.2, -0.15) is 16.9 Å². The highest BCUT2D eigenvalue weighted by atomic mass is 32.2. The summed E-state index contributed by atoms with van der Waals surface area (Å²) in [6.07, 6.45) is 7.87. The monoisotopic (exact) mass is 425 g/mol. The summed E-state index contributed by atoms with van der Waals surface area (Å²) in [5.74, 6) is 1.39. The topological polar surface area (TPSA) is 92.7 Å². The van der Waals surface area contributed by atoms with Gasteiger partial charge < -0.3 is 10.3 Å². The number of aryl methyl sites for hydroxylation is 2. The van der Waals surface area contributed by atoms with Gasteiger partial charge in [-0.05, 0) is 61.8 Å². The van der Waals surface area contributed by atoms with Crippen molar-refractivity contribution in [2.24, 2.45) is 0 Å². The number of H-pyrrole nitrogens is 1. The second kappa shape index (κ2) is 9.47. The standard InChI is InChI=1S/C22H27N5O2S/c1-30-12-11-19(22-24-17-9-5-6-10-18(17)25-22)23-20(28)14-27-21(29)13-15-7-3-2-4-8-16(15)26-27/h5-6,9-10,13,19H,2-4,7-8,11-12,14H2,1H3,(H,23,28)(H,24,25)/t19-/m1/s1. The molecule has 1 atom stereocenters. The molecule has 158 valence electrons. The zero-order valence-electron chi connectivity index (χ0n) is 17.2. The molecule has 1 aliphatic carbocycles. The number of rotatable bonds is 7. The van der Waals surface area contributed by atoms with Crippen LogP contribution in [0.25, 0.3) is 11.0 Å². The lowest BCUT2D eigenvalue weighted by molar-refractivity contribution is -0.122. The third kappa shape index (κ3) is 4.75. The molecule has 2 N–H and O–H groups in total. The molecule has 0 bridgehead atoms. The van der Waals surface area contributed by atoms with Crippen LogP contribution in [-0.2, 0) is 24.2 Å². The third-order valence-electron chi connectivity index (χ3n) is 5.50. The molecule has 2 heterocycles. The summed E-state index contributed by atoms with van der Waals surface area (Å²) in [6, 6.07) is 9.23. The van der Waals surface area contributed by atoms with Crippen molar-refractivity contribution >= 4 is 28.7 Å². The Morgan fingerprint density at radius 1 is 1.27 bits per heavy atom. The summed E-state index contributed by atoms with van der Waals surface area (Å²) in [7, 11) is 0. The Kier molecular flexibility index (Phi) is 6.52. The molecule has 8 heteroatoms. The molecule has 0 saturated carbocycles. The smallest absolute Gasteiger partial charge is 0.267 e. The van der Waals surface area contributed by atoms with Crippen molar-refractivity contribution in [3.8, 4) is 0 Å². The fourth-order valence-corrected chi connectivity index (χ4v) is 4.39. The van der Waals surface area contributed by atoms with E-state index in [1.54, 1.807) is 17.8 Å². The first-order valence-corrected chi connectivity index (χ1v) is 11.9. The Labute approximate surface area is 179 Å². The molecule has 7 nitrogen and oxygen atoms in total. The summed E-state index contributed by atoms with van der Waals surface area (Å²) in [6.45, 7) is -0.0812. The van der Waals surface area contributed by atoms with Crippen LogP contribution in [0.5, 0.6) is 0 Å². The zero-order valence-corrected chi connectivity index (χ0v) is 18.0. The van der Waals surface area contributed by atoms with E-state index in [-0.39, 0.29) is 24.1 Å². The number of aromatic amines is 1. The average molecular weight is 426 g/mol. The molecule has 1 amide bonds. The number of hydrogen-bond acceptors (Lipinski definition) is 5. The number of hydrogen-bond donors (Lipinski definition) is 2. The van der Waals surface area contributed by atoms with Gasteiger partial charge >= 0.3 is 0 Å². The summed E-state index contributed by atoms with van der Waals surface area (Å²) < 4.78 is 1.30. The average Bonchev–Trinajstić information content (AvgIpc) is 3.05. The minimum absolute atomic E-state index is 0.0812. The molecular weight excluding hydrogens is 398 g/mol. The van der Waals surface area contributed by atoms with Crippen LogP contribution in [0.4, 0.5) is 0 Å². The summed E-state index contributed by atoms with van der Waals surface area (Å²) in [5, 5.41) is 7.56. The maximum atomic E-state index is 12.8. The molecule has 0 aliphatic heterocycles. The largest absolute Gasteiger partial charge is 0.345 e. The molecule has 2 aromatic heterocycles. The third-order valence-corrected chi connectivity index (χ3v) is 6.14. The lowest BCUT2D eigenvalue weighted by Crippen LogP contribution is -2.36. The lowest BCUT2D eigenvalue weighted by atomic mass is 10.1. The Hall–Kier alpha value is -2.61. The molecule has 0 fully saturated rings. The Balaban J connectivity index is 1.51. The Bertz CT molecular complexity index is 1060. The van der Waals surface area contributed by atoms with Gasteiger partial charge in [-0.1, -0.05) is 18.6 Å². The summed E-state index contributed by atoms with van der Waals surface area (Å²) in [5.41, 5.74) is 3.60. The van der Waals surface area contributed by atoms with E-state index in [4.69, 9.17) is 0 Å². The van der Waals surface area contributed by atoms with Gasteiger partial charge in [-0.3, -0.25) is 9.59 Å². The number of benzene rings is 1. The molecule has 0 radical (unpaired) electrons. The highest BCUT2D eigenvalue weighted by Gasteiger charge is 2.20. The molecule has 0 saturated heterocycles. The maximum Gasteiger partial charge on any atom is 0.267 e. The van der Waals surface area contributed by atoms with E-state index in [1.807, 2.05) is 30.5 Å². The number of imidazole rings is 1. The molecule has 1 aromatic carbocycles. The highest BCUT2D eigenvalue weighted by Crippen LogP contribution is 2.20. The predicted octanol–water partition coefficient (Wildman–Crippen LogP) is 3.00. The van der Waals surface area contributed by atoms with Crippen LogP contribution in [-0.4, -0.2) is 37.7 Å². The van der Waals surface area contributed by atoms with Crippen molar-refractivity contribution in [2.45, 2.75) is 51.1 Å². The van der Waals surface area contributed by atoms with Crippen LogP contribution < -0.4 is 10.9 Å². The predicted molar refractivity (Wildman–Crippen MR) is 120 cm³/mol. The van der Waals surface area contributed by atoms with Gasteiger partial charge in [-0.15, -0.1) is 0 Å². The minimum Gasteiger partial charge on any atom is -0.345 e. The highest BCUT2D eigenvalue weighted by molar-refractivity contribution is 7.98. The number of para-hydroxylation sites is 2. The van der Waals surface area contributed by atoms with Crippen molar-refractivity contribution in [1.29, 1.82) is 0 Å². The van der Waals surface area contributed by atoms with Gasteiger partial charge in [0.25, 0.3) is 5.56 Å². The summed E-state index contributed by atoms with van der Waals surface area (Å²) in [4.78, 5) is 33.2. The molecular formula is C22H27N5O2S. The molecule has 4 rings (SSSR count). The molecule has 0 spiro atoms. The maximum absolute atomic E-state index is 12.8. The summed E-state index contributed by atoms with van der Waals surface area (Å²) >= 11 is 1.72. The van der Waals surface area contributed by atoms with Crippen molar-refractivity contribution in [1.82, 2.24) is 25.1 Å². The van der Waals surface area contributed by atoms with Crippen molar-refractivity contribution in [2.75, 3.05) is 12.0 Å². The van der Waals surface area contributed by atoms with Gasteiger partial charge in [0.15, 0.2) is 0 Å². The molecule has 30 heavy (non-hydrogen) atoms. The number of nitrogens with one attached hydrogen (secondary N) is 2. The van der Waals surface area contributed by atoms with Crippen LogP contribution in [0.1, 0.15) is 48.8 Å². The number of thioether (sulfide) groups is 1. The Morgan fingerprint density at radius 2 is 2.10 bits per heavy atom. The number of carbonyl (C=O) groups is 1. The van der Waals surface area contributed by atoms with E-state index in [0.717, 1.165) is 72.4 Å². The number of aromatic nitrogens is 4. The number of amides is 1. The van der Waals surface area contributed by atoms with Crippen LogP contribution in [0.2, 0.25) is 0 Å². The van der Waals surface area contributed by atoms with Crippen LogP contribution in [0, 0.1) is 0 Å². The van der Waals surface area contributed by atoms with E-state index >= 15 is 0 Å². The van der Waals surface area contributed by atoms with Gasteiger partial charge in [-0.25, -0.2) is 9.67 Å². The van der Waals surface area contributed by atoms with Gasteiger partial charge in [0.05, 0.1) is 22.8 Å². The van der Waals surface area contributed by atoms with E-state index < -0.39 is 0 Å². The fourth-order valence-electron chi connectivity index (χ4n) is 3.92. The molecule has 0 unspecified atom stereocenters. The number of carbonyl (C=O) groups excluding carboxylic acids is 1. The van der Waals surface area contributed by atoms with Crippen molar-refractivity contribution in [3.05, 3.63) is 57.8 Å². The van der Waals surface area contributed by atoms with E-state index in [0.29, 0.717) is 0 Å². The van der Waals surface area contributed by atoms with Gasteiger partial charge in [0, 0.05) is 6.07 Å². The van der Waals surface area contributed by atoms with Gasteiger partial charge in [0.2, 0.25) is 5.91 Å². The number of fused-ring (bicyclic) bond motifs is 2. The minimum atomic E-state index is -0.242. The van der Waals surface area contributed by atoms with E-state index in [9.17, 15) is 9.59 Å². The Morgan fingerprint density at radius 3 is 2.93 bits per heavy atom. The molecule has 3 aromatic rings. The molecule has 1 aliphatic rings. The second-order valence-corrected chi connectivity index (χ2v) is 8.70. The van der Waals surface area contributed by atoms with E-state index in [1.165, 1.54) is 4.68 Å². The zero-order chi connectivity index (χ0) is 20.9. The van der Waals surface area contributed by atoms with Crippen LogP contribution >= 0.6 is 11.8 Å². The quantitative estimate of drug-likeness (QED) is 0.568. The SMILES string of the molecule is CSCC[C@@H](NC(=O)Cn1nc2c(cc1=O)CCCCC2)c1nc2ccccc2[nH]1. The first-order valence-electron chi connectivity index (χ1n) is 10.5. The first kappa shape index (κ1) is 20.7. The number of nitrogens with zero attached hydrogens (tertiary/aromatic N) is 3. The normalized spacial score (nSPS) is 14.8. The van der Waals surface area contributed by atoms with Crippen LogP contribution in [0.15, 0.2) is 35.1 Å². The van der Waals surface area contributed by atoms with Crippen molar-refractivity contribution in [3.63, 3.8) is 0 Å². The van der Waals surface area contributed by atoms with Crippen LogP contribution in [0.3, 0.4) is 0 Å². The second-order valence-electron chi connectivity index (χ2n) is 7.71. The first-order chi connectivity index (χ1) is 14.6. The van der Waals surface area contributed by atoms with E-state index in [2.05, 4.69) is 20.4 Å². The van der Waals surface area contributed by atoms with Crippen molar-refractivity contribution < 1.29 is 4.79 Å². The van der Waals surface area contributed by atoms with Gasteiger partial charge in [0.1, 0.15) is 12.4 Å². The fraction of sp³-hybridized carbons (Fsp3) is 0.455. The lowest BCUT2D eigenvalue weighted by Gasteiger charge is -2.17.